The quantitative estimate of drug-likeness (QED) is 0.698. The molecule has 0 unspecified atom stereocenters. The van der Waals surface area contributed by atoms with Gasteiger partial charge >= 0.3 is 0 Å². The van der Waals surface area contributed by atoms with E-state index < -0.39 is 15.7 Å². The molecular formula is C12H18N2O3S. The predicted molar refractivity (Wildman–Crippen MR) is 71.0 cm³/mol. The van der Waals surface area contributed by atoms with Crippen LogP contribution in [-0.2, 0) is 16.4 Å². The summed E-state index contributed by atoms with van der Waals surface area (Å²) < 4.78 is 21.8. The van der Waals surface area contributed by atoms with E-state index in [1.807, 2.05) is 12.1 Å². The summed E-state index contributed by atoms with van der Waals surface area (Å²) in [6.45, 7) is 1.09. The Labute approximate surface area is 107 Å². The summed E-state index contributed by atoms with van der Waals surface area (Å²) in [5.74, 6) is -0.291. The van der Waals surface area contributed by atoms with Crippen molar-refractivity contribution in [3.05, 3.63) is 35.4 Å². The Morgan fingerprint density at radius 2 is 2.00 bits per heavy atom. The van der Waals surface area contributed by atoms with Gasteiger partial charge in [-0.2, -0.15) is 0 Å². The molecule has 0 aromatic heterocycles. The molecule has 1 aromatic rings. The van der Waals surface area contributed by atoms with Crippen molar-refractivity contribution >= 4 is 15.7 Å². The van der Waals surface area contributed by atoms with Gasteiger partial charge in [0.2, 0.25) is 5.91 Å². The number of hydrogen-bond donors (Lipinski definition) is 2. The van der Waals surface area contributed by atoms with Crippen LogP contribution in [0.4, 0.5) is 0 Å². The summed E-state index contributed by atoms with van der Waals surface area (Å²) in [4.78, 5) is 11.2. The van der Waals surface area contributed by atoms with Crippen LogP contribution in [0.25, 0.3) is 0 Å². The maximum atomic E-state index is 11.2. The van der Waals surface area contributed by atoms with Crippen molar-refractivity contribution in [1.82, 2.24) is 5.32 Å². The number of nitrogens with one attached hydrogen (secondary N) is 1. The fourth-order valence-corrected chi connectivity index (χ4v) is 2.27. The van der Waals surface area contributed by atoms with Crippen LogP contribution in [0, 0.1) is 0 Å². The van der Waals surface area contributed by atoms with Gasteiger partial charge in [0, 0.05) is 18.4 Å². The van der Waals surface area contributed by atoms with Gasteiger partial charge in [0.1, 0.15) is 9.84 Å². The van der Waals surface area contributed by atoms with Crippen LogP contribution in [0.5, 0.6) is 0 Å². The maximum absolute atomic E-state index is 11.2. The molecule has 0 radical (unpaired) electrons. The first-order valence-electron chi connectivity index (χ1n) is 5.66. The van der Waals surface area contributed by atoms with Crippen molar-refractivity contribution in [2.45, 2.75) is 13.0 Å². The van der Waals surface area contributed by atoms with Gasteiger partial charge in [-0.05, 0) is 24.6 Å². The van der Waals surface area contributed by atoms with Crippen molar-refractivity contribution in [3.63, 3.8) is 0 Å². The molecule has 0 bridgehead atoms. The molecule has 18 heavy (non-hydrogen) atoms. The Bertz CT molecular complexity index is 512. The van der Waals surface area contributed by atoms with Gasteiger partial charge in [-0.1, -0.05) is 18.2 Å². The minimum absolute atomic E-state index is 0.164. The Hall–Kier alpha value is -1.40. The summed E-state index contributed by atoms with van der Waals surface area (Å²) in [5, 5.41) is 3.10. The van der Waals surface area contributed by atoms with Crippen molar-refractivity contribution in [3.8, 4) is 0 Å². The van der Waals surface area contributed by atoms with E-state index in [1.165, 1.54) is 6.26 Å². The molecule has 1 rings (SSSR count). The lowest BCUT2D eigenvalue weighted by Crippen LogP contribution is -2.21. The van der Waals surface area contributed by atoms with E-state index in [4.69, 9.17) is 5.73 Å². The van der Waals surface area contributed by atoms with Crippen molar-refractivity contribution < 1.29 is 13.2 Å². The lowest BCUT2D eigenvalue weighted by atomic mass is 10.1. The highest BCUT2D eigenvalue weighted by Crippen LogP contribution is 2.07. The molecule has 1 aromatic carbocycles. The largest absolute Gasteiger partial charge is 0.366 e. The Balaban J connectivity index is 2.42. The number of nitrogens with two attached hydrogens (primary N) is 1. The molecule has 0 atom stereocenters. The van der Waals surface area contributed by atoms with Gasteiger partial charge in [0.25, 0.3) is 0 Å². The first-order valence-corrected chi connectivity index (χ1v) is 7.72. The number of carbonyl (C=O) groups excluding carboxylic acids is 1. The molecule has 100 valence electrons. The molecule has 0 aliphatic heterocycles. The highest BCUT2D eigenvalue weighted by atomic mass is 32.2. The van der Waals surface area contributed by atoms with E-state index in [2.05, 4.69) is 5.32 Å². The third kappa shape index (κ3) is 5.29. The number of rotatable bonds is 7. The summed E-state index contributed by atoms with van der Waals surface area (Å²) in [7, 11) is -2.90. The second kappa shape index (κ2) is 6.51. The molecule has 6 heteroatoms. The zero-order valence-electron chi connectivity index (χ0n) is 10.3. The molecule has 0 fully saturated rings. The molecule has 3 N–H and O–H groups in total. The SMILES string of the molecule is CS(=O)(=O)CCCNCc1ccccc1C(N)=O. The number of sulfone groups is 1. The second-order valence-corrected chi connectivity index (χ2v) is 6.44. The smallest absolute Gasteiger partial charge is 0.249 e. The van der Waals surface area contributed by atoms with Gasteiger partial charge < -0.3 is 11.1 Å². The fraction of sp³-hybridized carbons (Fsp3) is 0.417. The summed E-state index contributed by atoms with van der Waals surface area (Å²) in [6, 6.07) is 7.09. The van der Waals surface area contributed by atoms with Crippen molar-refractivity contribution in [2.24, 2.45) is 5.73 Å². The molecule has 0 saturated carbocycles. The van der Waals surface area contributed by atoms with Gasteiger partial charge in [-0.3, -0.25) is 4.79 Å². The van der Waals surface area contributed by atoms with Crippen LogP contribution >= 0.6 is 0 Å². The first-order chi connectivity index (χ1) is 8.40. The van der Waals surface area contributed by atoms with Gasteiger partial charge in [0.15, 0.2) is 0 Å². The monoisotopic (exact) mass is 270 g/mol. The number of amides is 1. The van der Waals surface area contributed by atoms with Crippen LogP contribution in [0.1, 0.15) is 22.3 Å². The fourth-order valence-electron chi connectivity index (χ4n) is 1.60. The molecule has 0 spiro atoms. The molecular weight excluding hydrogens is 252 g/mol. The van der Waals surface area contributed by atoms with Gasteiger partial charge in [-0.15, -0.1) is 0 Å². The zero-order valence-corrected chi connectivity index (χ0v) is 11.2. The topological polar surface area (TPSA) is 89.3 Å². The van der Waals surface area contributed by atoms with Crippen molar-refractivity contribution in [1.29, 1.82) is 0 Å². The molecule has 5 nitrogen and oxygen atoms in total. The second-order valence-electron chi connectivity index (χ2n) is 4.18. The summed E-state index contributed by atoms with van der Waals surface area (Å²) in [6.07, 6.45) is 1.77. The van der Waals surface area contributed by atoms with Gasteiger partial charge in [-0.25, -0.2) is 8.42 Å². The highest BCUT2D eigenvalue weighted by Gasteiger charge is 2.06. The number of benzene rings is 1. The molecule has 0 aliphatic rings. The highest BCUT2D eigenvalue weighted by molar-refractivity contribution is 7.90. The Morgan fingerprint density at radius 1 is 1.33 bits per heavy atom. The average molecular weight is 270 g/mol. The molecule has 0 heterocycles. The van der Waals surface area contributed by atoms with E-state index in [9.17, 15) is 13.2 Å². The van der Waals surface area contributed by atoms with E-state index in [-0.39, 0.29) is 5.75 Å². The Morgan fingerprint density at radius 3 is 2.61 bits per heavy atom. The normalized spacial score (nSPS) is 11.4. The molecule has 0 aliphatic carbocycles. The van der Waals surface area contributed by atoms with Gasteiger partial charge in [0.05, 0.1) is 5.75 Å². The van der Waals surface area contributed by atoms with Crippen LogP contribution in [0.15, 0.2) is 24.3 Å². The van der Waals surface area contributed by atoms with E-state index in [0.29, 0.717) is 25.1 Å². The van der Waals surface area contributed by atoms with Crippen LogP contribution < -0.4 is 11.1 Å². The van der Waals surface area contributed by atoms with E-state index in [0.717, 1.165) is 5.56 Å². The summed E-state index contributed by atoms with van der Waals surface area (Å²) >= 11 is 0. The number of primary amides is 1. The molecule has 0 saturated heterocycles. The van der Waals surface area contributed by atoms with Crippen LogP contribution in [-0.4, -0.2) is 32.9 Å². The predicted octanol–water partition coefficient (Wildman–Crippen LogP) is 0.310. The van der Waals surface area contributed by atoms with E-state index >= 15 is 0 Å². The lowest BCUT2D eigenvalue weighted by Gasteiger charge is -2.07. The minimum Gasteiger partial charge on any atom is -0.366 e. The third-order valence-electron chi connectivity index (χ3n) is 2.47. The zero-order chi connectivity index (χ0) is 13.6. The summed E-state index contributed by atoms with van der Waals surface area (Å²) in [5.41, 5.74) is 6.57. The Kier molecular flexibility index (Phi) is 5.30. The van der Waals surface area contributed by atoms with Crippen LogP contribution in [0.3, 0.4) is 0 Å². The molecule has 1 amide bonds. The average Bonchev–Trinajstić information content (AvgIpc) is 2.27. The van der Waals surface area contributed by atoms with Crippen LogP contribution in [0.2, 0.25) is 0 Å². The maximum Gasteiger partial charge on any atom is 0.249 e. The van der Waals surface area contributed by atoms with E-state index in [1.54, 1.807) is 12.1 Å². The number of carbonyl (C=O) groups is 1. The first kappa shape index (κ1) is 14.7. The third-order valence-corrected chi connectivity index (χ3v) is 3.50. The number of hydrogen-bond acceptors (Lipinski definition) is 4. The van der Waals surface area contributed by atoms with Crippen molar-refractivity contribution in [2.75, 3.05) is 18.6 Å². The lowest BCUT2D eigenvalue weighted by molar-refractivity contribution is 0.0999. The minimum atomic E-state index is -2.90. The standard InChI is InChI=1S/C12H18N2O3S/c1-18(16,17)8-4-7-14-9-10-5-2-3-6-11(10)12(13)15/h2-3,5-6,14H,4,7-9H2,1H3,(H2,13,15).